The van der Waals surface area contributed by atoms with Crippen LogP contribution in [0.3, 0.4) is 0 Å². The van der Waals surface area contributed by atoms with Crippen molar-refractivity contribution in [3.05, 3.63) is 34.3 Å². The van der Waals surface area contributed by atoms with Gasteiger partial charge in [-0.1, -0.05) is 34.1 Å². The molecule has 1 heterocycles. The Bertz CT molecular complexity index is 297. The minimum atomic E-state index is 0.370. The van der Waals surface area contributed by atoms with Crippen LogP contribution in [-0.2, 0) is 15.9 Å². The highest BCUT2D eigenvalue weighted by Gasteiger charge is 2.21. The lowest BCUT2D eigenvalue weighted by molar-refractivity contribution is 0.119. The molecule has 0 aromatic heterocycles. The van der Waals surface area contributed by atoms with Crippen LogP contribution in [0, 0.1) is 0 Å². The Morgan fingerprint density at radius 3 is 2.93 bits per heavy atom. The second-order valence-corrected chi connectivity index (χ2v) is 4.23. The predicted octanol–water partition coefficient (Wildman–Crippen LogP) is 2.41. The van der Waals surface area contributed by atoms with Gasteiger partial charge in [0.25, 0.3) is 0 Å². The molecule has 1 saturated heterocycles. The van der Waals surface area contributed by atoms with Crippen molar-refractivity contribution in [2.75, 3.05) is 19.8 Å². The second-order valence-electron chi connectivity index (χ2n) is 3.37. The Balaban J connectivity index is 1.71. The lowest BCUT2D eigenvalue weighted by Crippen LogP contribution is -2.05. The molecule has 0 unspecified atom stereocenters. The van der Waals surface area contributed by atoms with E-state index in [2.05, 4.69) is 28.1 Å². The predicted molar refractivity (Wildman–Crippen MR) is 58.4 cm³/mol. The highest BCUT2D eigenvalue weighted by molar-refractivity contribution is 9.10. The molecule has 2 rings (SSSR count). The summed E-state index contributed by atoms with van der Waals surface area (Å²) in [5.41, 5.74) is 1.30. The van der Waals surface area contributed by atoms with Gasteiger partial charge in [-0.25, -0.2) is 0 Å². The van der Waals surface area contributed by atoms with Gasteiger partial charge in [-0.15, -0.1) is 0 Å². The van der Waals surface area contributed by atoms with Gasteiger partial charge in [0.15, 0.2) is 0 Å². The zero-order chi connectivity index (χ0) is 9.80. The summed E-state index contributed by atoms with van der Waals surface area (Å²) < 4.78 is 11.7. The van der Waals surface area contributed by atoms with E-state index in [-0.39, 0.29) is 0 Å². The quantitative estimate of drug-likeness (QED) is 0.596. The molecule has 3 heteroatoms. The number of hydrogen-bond donors (Lipinski definition) is 0. The lowest BCUT2D eigenvalue weighted by Gasteiger charge is -2.04. The molecule has 1 atom stereocenters. The number of epoxide rings is 1. The minimum absolute atomic E-state index is 0.370. The number of rotatable bonds is 5. The zero-order valence-corrected chi connectivity index (χ0v) is 9.50. The molecule has 0 spiro atoms. The molecule has 1 aliphatic heterocycles. The van der Waals surface area contributed by atoms with E-state index < -0.39 is 0 Å². The van der Waals surface area contributed by atoms with Crippen LogP contribution in [0.5, 0.6) is 0 Å². The molecular weight excluding hydrogens is 244 g/mol. The Morgan fingerprint density at radius 1 is 1.43 bits per heavy atom. The van der Waals surface area contributed by atoms with Gasteiger partial charge in [0.2, 0.25) is 0 Å². The topological polar surface area (TPSA) is 21.8 Å². The van der Waals surface area contributed by atoms with Gasteiger partial charge in [0.1, 0.15) is 6.10 Å². The first-order valence-corrected chi connectivity index (χ1v) is 5.58. The summed E-state index contributed by atoms with van der Waals surface area (Å²) >= 11 is 3.51. The van der Waals surface area contributed by atoms with Crippen molar-refractivity contribution < 1.29 is 9.47 Å². The molecule has 1 aliphatic rings. The molecule has 0 amide bonds. The molecule has 0 N–H and O–H groups in total. The molecule has 14 heavy (non-hydrogen) atoms. The second kappa shape index (κ2) is 4.91. The van der Waals surface area contributed by atoms with Crippen LogP contribution >= 0.6 is 15.9 Å². The SMILES string of the molecule is Brc1ccccc1CCOC[C@H]1CO1. The van der Waals surface area contributed by atoms with Crippen molar-refractivity contribution in [2.24, 2.45) is 0 Å². The van der Waals surface area contributed by atoms with Crippen LogP contribution in [0.1, 0.15) is 5.56 Å². The third-order valence-corrected chi connectivity index (χ3v) is 2.95. The van der Waals surface area contributed by atoms with Gasteiger partial charge in [-0.05, 0) is 18.1 Å². The fourth-order valence-electron chi connectivity index (χ4n) is 1.26. The number of ether oxygens (including phenoxy) is 2. The summed E-state index contributed by atoms with van der Waals surface area (Å²) in [5, 5.41) is 0. The van der Waals surface area contributed by atoms with E-state index in [1.165, 1.54) is 5.56 Å². The van der Waals surface area contributed by atoms with Gasteiger partial charge in [0.05, 0.1) is 19.8 Å². The lowest BCUT2D eigenvalue weighted by atomic mass is 10.2. The minimum Gasteiger partial charge on any atom is -0.378 e. The number of halogens is 1. The van der Waals surface area contributed by atoms with E-state index >= 15 is 0 Å². The first kappa shape index (κ1) is 10.1. The molecular formula is C11H13BrO2. The zero-order valence-electron chi connectivity index (χ0n) is 7.91. The van der Waals surface area contributed by atoms with Crippen molar-refractivity contribution >= 4 is 15.9 Å². The average Bonchev–Trinajstić information content (AvgIpc) is 2.99. The summed E-state index contributed by atoms with van der Waals surface area (Å²) in [7, 11) is 0. The molecule has 1 aromatic carbocycles. The summed E-state index contributed by atoms with van der Waals surface area (Å²) in [6.45, 7) is 2.38. The van der Waals surface area contributed by atoms with E-state index in [0.29, 0.717) is 6.10 Å². The van der Waals surface area contributed by atoms with E-state index in [4.69, 9.17) is 9.47 Å². The third kappa shape index (κ3) is 3.08. The van der Waals surface area contributed by atoms with Gasteiger partial charge < -0.3 is 9.47 Å². The first-order chi connectivity index (χ1) is 6.86. The highest BCUT2D eigenvalue weighted by atomic mass is 79.9. The molecule has 76 valence electrons. The van der Waals surface area contributed by atoms with E-state index in [1.807, 2.05) is 12.1 Å². The molecule has 0 aliphatic carbocycles. The van der Waals surface area contributed by atoms with Gasteiger partial charge in [0, 0.05) is 4.47 Å². The van der Waals surface area contributed by atoms with Crippen LogP contribution in [-0.4, -0.2) is 25.9 Å². The normalized spacial score (nSPS) is 19.6. The standard InChI is InChI=1S/C11H13BrO2/c12-11-4-2-1-3-9(11)5-6-13-7-10-8-14-10/h1-4,10H,5-8H2/t10-/m0/s1. The van der Waals surface area contributed by atoms with Crippen molar-refractivity contribution in [1.82, 2.24) is 0 Å². The Labute approximate surface area is 92.3 Å². The van der Waals surface area contributed by atoms with Crippen molar-refractivity contribution in [3.63, 3.8) is 0 Å². The summed E-state index contributed by atoms with van der Waals surface area (Å²) in [5.74, 6) is 0. The van der Waals surface area contributed by atoms with Crippen molar-refractivity contribution in [2.45, 2.75) is 12.5 Å². The van der Waals surface area contributed by atoms with Crippen LogP contribution < -0.4 is 0 Å². The number of hydrogen-bond acceptors (Lipinski definition) is 2. The molecule has 1 aromatic rings. The monoisotopic (exact) mass is 256 g/mol. The van der Waals surface area contributed by atoms with Gasteiger partial charge >= 0.3 is 0 Å². The largest absolute Gasteiger partial charge is 0.378 e. The maximum Gasteiger partial charge on any atom is 0.104 e. The maximum atomic E-state index is 5.47. The van der Waals surface area contributed by atoms with Crippen LogP contribution in [0.25, 0.3) is 0 Å². The Kier molecular flexibility index (Phi) is 3.56. The third-order valence-electron chi connectivity index (χ3n) is 2.18. The van der Waals surface area contributed by atoms with Crippen LogP contribution in [0.2, 0.25) is 0 Å². The van der Waals surface area contributed by atoms with E-state index in [1.54, 1.807) is 0 Å². The molecule has 1 fully saturated rings. The van der Waals surface area contributed by atoms with Gasteiger partial charge in [-0.2, -0.15) is 0 Å². The maximum absolute atomic E-state index is 5.47. The van der Waals surface area contributed by atoms with E-state index in [0.717, 1.165) is 30.7 Å². The van der Waals surface area contributed by atoms with Crippen molar-refractivity contribution in [3.8, 4) is 0 Å². The number of benzene rings is 1. The molecule has 0 bridgehead atoms. The van der Waals surface area contributed by atoms with Crippen molar-refractivity contribution in [1.29, 1.82) is 0 Å². The molecule has 0 saturated carbocycles. The fraction of sp³-hybridized carbons (Fsp3) is 0.455. The van der Waals surface area contributed by atoms with Crippen LogP contribution in [0.4, 0.5) is 0 Å². The highest BCUT2D eigenvalue weighted by Crippen LogP contribution is 2.16. The summed E-state index contributed by atoms with van der Waals surface area (Å²) in [6.07, 6.45) is 1.32. The first-order valence-electron chi connectivity index (χ1n) is 4.79. The average molecular weight is 257 g/mol. The van der Waals surface area contributed by atoms with Crippen LogP contribution in [0.15, 0.2) is 28.7 Å². The Morgan fingerprint density at radius 2 is 2.21 bits per heavy atom. The van der Waals surface area contributed by atoms with Gasteiger partial charge in [-0.3, -0.25) is 0 Å². The fourth-order valence-corrected chi connectivity index (χ4v) is 1.75. The molecule has 2 nitrogen and oxygen atoms in total. The van der Waals surface area contributed by atoms with E-state index in [9.17, 15) is 0 Å². The molecule has 0 radical (unpaired) electrons. The smallest absolute Gasteiger partial charge is 0.104 e. The summed E-state index contributed by atoms with van der Waals surface area (Å²) in [4.78, 5) is 0. The summed E-state index contributed by atoms with van der Waals surface area (Å²) in [6, 6.07) is 8.23. The Hall–Kier alpha value is -0.380.